The number of carbonyl (C=O) groups excluding carboxylic acids is 1. The van der Waals surface area contributed by atoms with Crippen LogP contribution >= 0.6 is 0 Å². The highest BCUT2D eigenvalue weighted by Gasteiger charge is 2.31. The quantitative estimate of drug-likeness (QED) is 0.431. The van der Waals surface area contributed by atoms with E-state index in [1.807, 2.05) is 6.92 Å². The molecular weight excluding hydrogens is 450 g/mol. The molecule has 0 fully saturated rings. The van der Waals surface area contributed by atoms with E-state index in [-0.39, 0.29) is 11.5 Å². The molecule has 0 bridgehead atoms. The van der Waals surface area contributed by atoms with Crippen molar-refractivity contribution in [2.45, 2.75) is 25.7 Å². The Morgan fingerprint density at radius 3 is 2.66 bits per heavy atom. The van der Waals surface area contributed by atoms with Crippen LogP contribution in [-0.4, -0.2) is 35.7 Å². The van der Waals surface area contributed by atoms with Crippen molar-refractivity contribution < 1.29 is 14.4 Å². The maximum Gasteiger partial charge on any atom is 0.296 e. The van der Waals surface area contributed by atoms with Crippen molar-refractivity contribution in [3.8, 4) is 11.8 Å². The summed E-state index contributed by atoms with van der Waals surface area (Å²) in [6, 6.07) is 9.25. The van der Waals surface area contributed by atoms with Crippen molar-refractivity contribution >= 4 is 11.6 Å². The number of aromatic hydroxyl groups is 1. The summed E-state index contributed by atoms with van der Waals surface area (Å²) < 4.78 is 5.87. The van der Waals surface area contributed by atoms with Crippen LogP contribution in [0.25, 0.3) is 0 Å². The Kier molecular flexibility index (Phi) is 6.37. The Bertz CT molecular complexity index is 1470. The second kappa shape index (κ2) is 9.56. The van der Waals surface area contributed by atoms with Crippen molar-refractivity contribution in [2.75, 3.05) is 5.32 Å². The molecule has 1 aromatic carbocycles. The summed E-state index contributed by atoms with van der Waals surface area (Å²) in [6.07, 6.45) is 5.70. The van der Waals surface area contributed by atoms with Crippen LogP contribution in [0.4, 0.5) is 5.69 Å². The van der Waals surface area contributed by atoms with Gasteiger partial charge in [0.25, 0.3) is 11.5 Å². The highest BCUT2D eigenvalue weighted by atomic mass is 16.5. The number of amides is 1. The number of aryl methyl sites for hydroxylation is 1. The maximum absolute atomic E-state index is 12.9. The smallest absolute Gasteiger partial charge is 0.296 e. The van der Waals surface area contributed by atoms with Gasteiger partial charge in [0.15, 0.2) is 5.69 Å². The molecule has 2 atom stereocenters. The van der Waals surface area contributed by atoms with Gasteiger partial charge in [0.05, 0.1) is 29.2 Å². The minimum atomic E-state index is -0.805. The average Bonchev–Trinajstić information content (AvgIpc) is 3.37. The van der Waals surface area contributed by atoms with Gasteiger partial charge in [0, 0.05) is 31.3 Å². The first-order chi connectivity index (χ1) is 16.8. The van der Waals surface area contributed by atoms with Crippen molar-refractivity contribution in [1.29, 1.82) is 5.26 Å². The number of hydrogen-bond acceptors (Lipinski definition) is 9. The third-order valence-corrected chi connectivity index (χ3v) is 5.65. The van der Waals surface area contributed by atoms with Gasteiger partial charge in [0.1, 0.15) is 17.8 Å². The Balaban J connectivity index is 1.86. The highest BCUT2D eigenvalue weighted by molar-refractivity contribution is 6.04. The van der Waals surface area contributed by atoms with E-state index in [9.17, 15) is 20.0 Å². The predicted octanol–water partition coefficient (Wildman–Crippen LogP) is 2.63. The van der Waals surface area contributed by atoms with Gasteiger partial charge in [-0.15, -0.1) is 0 Å². The van der Waals surface area contributed by atoms with E-state index in [2.05, 4.69) is 31.5 Å². The molecule has 1 amide bonds. The lowest BCUT2D eigenvalue weighted by atomic mass is 9.82. The number of carbonyl (C=O) groups is 1. The van der Waals surface area contributed by atoms with Gasteiger partial charge in [-0.05, 0) is 18.6 Å². The first-order valence-corrected chi connectivity index (χ1v) is 10.6. The molecule has 0 aliphatic rings. The molecule has 0 aliphatic heterocycles. The molecule has 2 N–H and O–H groups in total. The van der Waals surface area contributed by atoms with Gasteiger partial charge >= 0.3 is 0 Å². The van der Waals surface area contributed by atoms with Crippen LogP contribution in [-0.2, 0) is 7.05 Å². The molecule has 35 heavy (non-hydrogen) atoms. The minimum absolute atomic E-state index is 0.211. The summed E-state index contributed by atoms with van der Waals surface area (Å²) >= 11 is 0. The molecule has 3 heterocycles. The largest absolute Gasteiger partial charge is 0.501 e. The molecular formula is C24H21N7O4. The van der Waals surface area contributed by atoms with Gasteiger partial charge in [-0.1, -0.05) is 30.3 Å². The third kappa shape index (κ3) is 4.49. The Labute approximate surface area is 199 Å². The molecule has 0 radical (unpaired) electrons. The number of nitrogens with one attached hydrogen (secondary N) is 1. The fourth-order valence-corrected chi connectivity index (χ4v) is 3.90. The maximum atomic E-state index is 12.9. The second-order valence-electron chi connectivity index (χ2n) is 7.95. The Morgan fingerprint density at radius 2 is 2.00 bits per heavy atom. The number of nitriles is 1. The van der Waals surface area contributed by atoms with Crippen LogP contribution in [0.3, 0.4) is 0 Å². The molecule has 176 valence electrons. The number of nitrogens with zero attached hydrogens (tertiary/aromatic N) is 6. The molecule has 3 aromatic heterocycles. The molecule has 0 saturated carbocycles. The predicted molar refractivity (Wildman–Crippen MR) is 124 cm³/mol. The summed E-state index contributed by atoms with van der Waals surface area (Å²) in [5.41, 5.74) is 1.37. The molecule has 0 saturated heterocycles. The van der Waals surface area contributed by atoms with E-state index in [4.69, 9.17) is 4.52 Å². The fraction of sp³-hybridized carbons (Fsp3) is 0.208. The molecule has 2 unspecified atom stereocenters. The van der Waals surface area contributed by atoms with Gasteiger partial charge in [-0.3, -0.25) is 24.1 Å². The minimum Gasteiger partial charge on any atom is -0.501 e. The first kappa shape index (κ1) is 23.3. The lowest BCUT2D eigenvalue weighted by Crippen LogP contribution is -2.29. The number of rotatable bonds is 6. The molecule has 4 aromatic rings. The summed E-state index contributed by atoms with van der Waals surface area (Å²) in [5.74, 6) is -2.47. The molecule has 11 heteroatoms. The van der Waals surface area contributed by atoms with Crippen LogP contribution in [0, 0.1) is 18.3 Å². The summed E-state index contributed by atoms with van der Waals surface area (Å²) in [7, 11) is 1.46. The second-order valence-corrected chi connectivity index (χ2v) is 7.95. The summed E-state index contributed by atoms with van der Waals surface area (Å²) in [6.45, 7) is 3.62. The zero-order valence-electron chi connectivity index (χ0n) is 19.1. The number of anilines is 1. The normalized spacial score (nSPS) is 12.5. The standard InChI is InChI=1S/C24H21N7O4/c1-13-9-27-18(11-26-13)19(17-7-5-4-6-15(17)8-25)14(2)22-30-20(21(32)24(34)31(22)3)23(33)29-16-10-28-35-12-16/h4-7,9-12,14,19,32H,1-3H3,(H,29,33). The topological polar surface area (TPSA) is 160 Å². The SMILES string of the molecule is Cc1cnc(C(c2ccccc2C#N)C(C)c2nc(C(=O)Nc3cnoc3)c(O)c(=O)n2C)cn1. The zero-order valence-corrected chi connectivity index (χ0v) is 19.1. The van der Waals surface area contributed by atoms with Crippen LogP contribution in [0.5, 0.6) is 5.75 Å². The van der Waals surface area contributed by atoms with Gasteiger partial charge in [-0.2, -0.15) is 5.26 Å². The number of hydrogen-bond donors (Lipinski definition) is 2. The van der Waals surface area contributed by atoms with E-state index in [1.54, 1.807) is 43.6 Å². The van der Waals surface area contributed by atoms with Crippen molar-refractivity contribution in [2.24, 2.45) is 7.05 Å². The highest BCUT2D eigenvalue weighted by Crippen LogP contribution is 2.38. The van der Waals surface area contributed by atoms with Crippen LogP contribution < -0.4 is 10.9 Å². The van der Waals surface area contributed by atoms with Crippen molar-refractivity contribution in [1.82, 2.24) is 24.7 Å². The van der Waals surface area contributed by atoms with E-state index in [1.165, 1.54) is 24.1 Å². The molecule has 11 nitrogen and oxygen atoms in total. The monoisotopic (exact) mass is 471 g/mol. The first-order valence-electron chi connectivity index (χ1n) is 10.6. The Hall–Kier alpha value is -4.85. The van der Waals surface area contributed by atoms with E-state index in [0.29, 0.717) is 16.8 Å². The van der Waals surface area contributed by atoms with Gasteiger partial charge in [-0.25, -0.2) is 4.98 Å². The lowest BCUT2D eigenvalue weighted by Gasteiger charge is -2.26. The van der Waals surface area contributed by atoms with Gasteiger partial charge < -0.3 is 14.9 Å². The molecule has 0 spiro atoms. The van der Waals surface area contributed by atoms with Crippen LogP contribution in [0.2, 0.25) is 0 Å². The summed E-state index contributed by atoms with van der Waals surface area (Å²) in [4.78, 5) is 38.9. The fourth-order valence-electron chi connectivity index (χ4n) is 3.90. The average molecular weight is 471 g/mol. The van der Waals surface area contributed by atoms with Crippen molar-refractivity contribution in [3.63, 3.8) is 0 Å². The molecule has 4 rings (SSSR count). The van der Waals surface area contributed by atoms with Crippen molar-refractivity contribution in [3.05, 3.63) is 93.5 Å². The van der Waals surface area contributed by atoms with Crippen LogP contribution in [0.1, 0.15) is 57.6 Å². The molecule has 0 aliphatic carbocycles. The zero-order chi connectivity index (χ0) is 25.1. The van der Waals surface area contributed by atoms with E-state index in [0.717, 1.165) is 5.69 Å². The number of benzene rings is 1. The van der Waals surface area contributed by atoms with Gasteiger partial charge in [0.2, 0.25) is 5.75 Å². The third-order valence-electron chi connectivity index (χ3n) is 5.65. The Morgan fingerprint density at radius 1 is 1.23 bits per heavy atom. The summed E-state index contributed by atoms with van der Waals surface area (Å²) in [5, 5.41) is 26.1. The van der Waals surface area contributed by atoms with E-state index >= 15 is 0 Å². The van der Waals surface area contributed by atoms with Crippen LogP contribution in [0.15, 0.2) is 58.4 Å². The van der Waals surface area contributed by atoms with E-state index < -0.39 is 34.7 Å². The number of aromatic nitrogens is 5. The lowest BCUT2D eigenvalue weighted by molar-refractivity contribution is 0.101.